The highest BCUT2D eigenvalue weighted by atomic mass is 16.6. The quantitative estimate of drug-likeness (QED) is 0.407. The summed E-state index contributed by atoms with van der Waals surface area (Å²) in [7, 11) is 0. The summed E-state index contributed by atoms with van der Waals surface area (Å²) in [5.74, 6) is -0.556. The molecular formula is C19H16N2O3. The van der Waals surface area contributed by atoms with Gasteiger partial charge in [-0.2, -0.15) is 0 Å². The van der Waals surface area contributed by atoms with Crippen molar-refractivity contribution in [2.24, 2.45) is 0 Å². The average Bonchev–Trinajstić information content (AvgIpc) is 2.91. The Labute approximate surface area is 139 Å². The second-order valence-corrected chi connectivity index (χ2v) is 5.56. The molecule has 0 atom stereocenters. The van der Waals surface area contributed by atoms with Gasteiger partial charge in [-0.3, -0.25) is 14.9 Å². The van der Waals surface area contributed by atoms with Crippen LogP contribution in [0.25, 0.3) is 17.0 Å². The fourth-order valence-electron chi connectivity index (χ4n) is 2.73. The first-order valence-corrected chi connectivity index (χ1v) is 7.55. The van der Waals surface area contributed by atoms with Crippen LogP contribution >= 0.6 is 0 Å². The van der Waals surface area contributed by atoms with E-state index in [1.807, 2.05) is 65.4 Å². The molecule has 0 fully saturated rings. The van der Waals surface area contributed by atoms with E-state index in [1.54, 1.807) is 0 Å². The molecule has 0 unspecified atom stereocenters. The minimum atomic E-state index is -0.633. The monoisotopic (exact) mass is 320 g/mol. The fraction of sp³-hybridized carbons (Fsp3) is 0.105. The maximum atomic E-state index is 11.5. The molecule has 0 bridgehead atoms. The normalized spacial score (nSPS) is 11.6. The van der Waals surface area contributed by atoms with Crippen molar-refractivity contribution in [1.82, 2.24) is 4.57 Å². The molecule has 120 valence electrons. The molecule has 3 rings (SSSR count). The van der Waals surface area contributed by atoms with Crippen LogP contribution in [0.2, 0.25) is 0 Å². The van der Waals surface area contributed by atoms with Gasteiger partial charge in [0, 0.05) is 42.2 Å². The summed E-state index contributed by atoms with van der Waals surface area (Å²) in [4.78, 5) is 22.0. The van der Waals surface area contributed by atoms with Gasteiger partial charge in [-0.15, -0.1) is 0 Å². The Bertz CT molecular complexity index is 924. The van der Waals surface area contributed by atoms with Crippen molar-refractivity contribution in [3.63, 3.8) is 0 Å². The van der Waals surface area contributed by atoms with E-state index in [0.717, 1.165) is 16.5 Å². The number of carbonyl (C=O) groups excluding carboxylic acids is 1. The predicted molar refractivity (Wildman–Crippen MR) is 93.1 cm³/mol. The zero-order valence-corrected chi connectivity index (χ0v) is 13.2. The zero-order valence-electron chi connectivity index (χ0n) is 13.2. The highest BCUT2D eigenvalue weighted by Gasteiger charge is 2.18. The van der Waals surface area contributed by atoms with Gasteiger partial charge in [0.15, 0.2) is 0 Å². The average molecular weight is 320 g/mol. The van der Waals surface area contributed by atoms with Crippen LogP contribution in [0, 0.1) is 10.1 Å². The lowest BCUT2D eigenvalue weighted by molar-refractivity contribution is -0.417. The summed E-state index contributed by atoms with van der Waals surface area (Å²) in [5.41, 5.74) is 2.37. The van der Waals surface area contributed by atoms with Crippen molar-refractivity contribution in [2.75, 3.05) is 0 Å². The number of nitrogens with zero attached hydrogens (tertiary/aromatic N) is 2. The highest BCUT2D eigenvalue weighted by Crippen LogP contribution is 2.24. The molecule has 0 spiro atoms. The first-order chi connectivity index (χ1) is 11.6. The highest BCUT2D eigenvalue weighted by molar-refractivity contribution is 5.98. The van der Waals surface area contributed by atoms with Gasteiger partial charge in [-0.25, -0.2) is 0 Å². The molecule has 0 saturated heterocycles. The molecule has 24 heavy (non-hydrogen) atoms. The van der Waals surface area contributed by atoms with E-state index in [2.05, 4.69) is 0 Å². The van der Waals surface area contributed by atoms with Crippen LogP contribution in [0.1, 0.15) is 18.1 Å². The zero-order chi connectivity index (χ0) is 17.1. The number of hydrogen-bond acceptors (Lipinski definition) is 3. The lowest BCUT2D eigenvalue weighted by Crippen LogP contribution is -2.07. The van der Waals surface area contributed by atoms with E-state index >= 15 is 0 Å². The third-order valence-corrected chi connectivity index (χ3v) is 3.86. The van der Waals surface area contributed by atoms with Crippen molar-refractivity contribution in [3.8, 4) is 0 Å². The topological polar surface area (TPSA) is 65.1 Å². The van der Waals surface area contributed by atoms with Crippen LogP contribution < -0.4 is 0 Å². The van der Waals surface area contributed by atoms with Gasteiger partial charge in [0.25, 0.3) is 0 Å². The number of para-hydroxylation sites is 1. The second kappa shape index (κ2) is 6.50. The molecule has 1 aromatic heterocycles. The molecule has 0 N–H and O–H groups in total. The Morgan fingerprint density at radius 2 is 1.79 bits per heavy atom. The maximum absolute atomic E-state index is 11.5. The standard InChI is InChI=1S/C19H16N2O3/c1-14(22)19(21(23)24)11-16-13-20(12-15-7-3-2-4-8-15)18-10-6-5-9-17(16)18/h2-11,13H,12H2,1H3/b19-11+. The van der Waals surface area contributed by atoms with E-state index < -0.39 is 16.4 Å². The summed E-state index contributed by atoms with van der Waals surface area (Å²) in [6, 6.07) is 17.6. The Hall–Kier alpha value is -3.21. The van der Waals surface area contributed by atoms with Crippen molar-refractivity contribution < 1.29 is 9.72 Å². The smallest absolute Gasteiger partial charge is 0.312 e. The molecule has 0 amide bonds. The number of rotatable bonds is 5. The lowest BCUT2D eigenvalue weighted by atomic mass is 10.1. The Kier molecular flexibility index (Phi) is 4.24. The molecular weight excluding hydrogens is 304 g/mol. The van der Waals surface area contributed by atoms with Crippen LogP contribution in [0.15, 0.2) is 66.5 Å². The van der Waals surface area contributed by atoms with Crippen LogP contribution in [0.3, 0.4) is 0 Å². The van der Waals surface area contributed by atoms with Crippen LogP contribution in [-0.2, 0) is 11.3 Å². The minimum Gasteiger partial charge on any atom is -0.342 e. The fourth-order valence-corrected chi connectivity index (χ4v) is 2.73. The summed E-state index contributed by atoms with van der Waals surface area (Å²) in [5, 5.41) is 12.0. The summed E-state index contributed by atoms with van der Waals surface area (Å²) in [6.45, 7) is 1.86. The molecule has 0 aliphatic carbocycles. The summed E-state index contributed by atoms with van der Waals surface area (Å²) in [6.07, 6.45) is 3.20. The molecule has 2 aromatic carbocycles. The van der Waals surface area contributed by atoms with Gasteiger partial charge in [-0.05, 0) is 11.6 Å². The molecule has 0 radical (unpaired) electrons. The second-order valence-electron chi connectivity index (χ2n) is 5.56. The van der Waals surface area contributed by atoms with Crippen LogP contribution in [-0.4, -0.2) is 15.3 Å². The minimum absolute atomic E-state index is 0.405. The van der Waals surface area contributed by atoms with Crippen LogP contribution in [0.4, 0.5) is 0 Å². The van der Waals surface area contributed by atoms with E-state index in [9.17, 15) is 14.9 Å². The molecule has 5 nitrogen and oxygen atoms in total. The van der Waals surface area contributed by atoms with Gasteiger partial charge in [0.2, 0.25) is 5.78 Å². The van der Waals surface area contributed by atoms with E-state index in [1.165, 1.54) is 13.0 Å². The number of hydrogen-bond donors (Lipinski definition) is 0. The van der Waals surface area contributed by atoms with Crippen molar-refractivity contribution in [1.29, 1.82) is 0 Å². The molecule has 3 aromatic rings. The molecule has 0 aliphatic heterocycles. The predicted octanol–water partition coefficient (Wildman–Crippen LogP) is 3.90. The maximum Gasteiger partial charge on any atom is 0.312 e. The largest absolute Gasteiger partial charge is 0.342 e. The third-order valence-electron chi connectivity index (χ3n) is 3.86. The lowest BCUT2D eigenvalue weighted by Gasteiger charge is -2.05. The molecule has 0 saturated carbocycles. The van der Waals surface area contributed by atoms with Gasteiger partial charge >= 0.3 is 5.70 Å². The first kappa shape index (κ1) is 15.7. The Morgan fingerprint density at radius 1 is 1.12 bits per heavy atom. The SMILES string of the molecule is CC(=O)/C(=C\c1cn(Cc2ccccc2)c2ccccc12)[N+](=O)[O-]. The number of allylic oxidation sites excluding steroid dienone is 1. The van der Waals surface area contributed by atoms with E-state index in [0.29, 0.717) is 12.1 Å². The van der Waals surface area contributed by atoms with Crippen molar-refractivity contribution in [2.45, 2.75) is 13.5 Å². The molecule has 1 heterocycles. The Balaban J connectivity index is 2.12. The first-order valence-electron chi connectivity index (χ1n) is 7.55. The third kappa shape index (κ3) is 3.10. The van der Waals surface area contributed by atoms with E-state index in [4.69, 9.17) is 0 Å². The number of nitro groups is 1. The van der Waals surface area contributed by atoms with Gasteiger partial charge in [0.1, 0.15) is 0 Å². The number of Topliss-reactive ketones (excluding diaryl/α,β-unsaturated/α-hetero) is 1. The molecule has 0 aliphatic rings. The van der Waals surface area contributed by atoms with Crippen molar-refractivity contribution >= 4 is 22.8 Å². The molecule has 5 heteroatoms. The number of ketones is 1. The number of fused-ring (bicyclic) bond motifs is 1. The van der Waals surface area contributed by atoms with Gasteiger partial charge in [0.05, 0.1) is 4.92 Å². The van der Waals surface area contributed by atoms with Gasteiger partial charge < -0.3 is 4.57 Å². The summed E-state index contributed by atoms with van der Waals surface area (Å²) >= 11 is 0. The van der Waals surface area contributed by atoms with Crippen LogP contribution in [0.5, 0.6) is 0 Å². The van der Waals surface area contributed by atoms with Crippen molar-refractivity contribution in [3.05, 3.63) is 87.7 Å². The number of aromatic nitrogens is 1. The number of carbonyl (C=O) groups is 1. The number of benzene rings is 2. The van der Waals surface area contributed by atoms with E-state index in [-0.39, 0.29) is 0 Å². The Morgan fingerprint density at radius 3 is 2.46 bits per heavy atom. The summed E-state index contributed by atoms with van der Waals surface area (Å²) < 4.78 is 2.04. The van der Waals surface area contributed by atoms with Gasteiger partial charge in [-0.1, -0.05) is 48.5 Å².